The predicted molar refractivity (Wildman–Crippen MR) is 255 cm³/mol. The third kappa shape index (κ3) is 5.20. The molecule has 59 heavy (non-hydrogen) atoms. The molecule has 0 saturated carbocycles. The Balaban J connectivity index is 1.26. The molecule has 4 aromatic rings. The average Bonchev–Trinajstić information content (AvgIpc) is 3.91. The van der Waals surface area contributed by atoms with Crippen molar-refractivity contribution in [2.75, 3.05) is 16.1 Å². The molecule has 0 spiro atoms. The van der Waals surface area contributed by atoms with Gasteiger partial charge in [-0.25, -0.2) is 0 Å². The van der Waals surface area contributed by atoms with Crippen molar-refractivity contribution < 1.29 is 0 Å². The van der Waals surface area contributed by atoms with Crippen molar-refractivity contribution in [3.8, 4) is 0 Å². The molecule has 0 radical (unpaired) electrons. The summed E-state index contributed by atoms with van der Waals surface area (Å²) >= 11 is 1.94. The van der Waals surface area contributed by atoms with Gasteiger partial charge in [-0.15, -0.1) is 0 Å². The largest absolute Gasteiger partial charge is 0.334 e. The molecule has 0 bridgehead atoms. The molecule has 4 aliphatic heterocycles. The lowest BCUT2D eigenvalue weighted by Gasteiger charge is -2.47. The molecule has 0 saturated heterocycles. The molecule has 0 fully saturated rings. The molecule has 0 N–H and O–H groups in total. The van der Waals surface area contributed by atoms with E-state index in [0.29, 0.717) is 17.2 Å². The predicted octanol–water partition coefficient (Wildman–Crippen LogP) is 12.5. The van der Waals surface area contributed by atoms with E-state index in [1.54, 1.807) is 16.6 Å². The highest BCUT2D eigenvalue weighted by Crippen LogP contribution is 2.58. The van der Waals surface area contributed by atoms with Crippen molar-refractivity contribution in [3.63, 3.8) is 0 Å². The molecule has 4 heteroatoms. The van der Waals surface area contributed by atoms with Gasteiger partial charge in [-0.1, -0.05) is 146 Å². The molecule has 4 aromatic carbocycles. The van der Waals surface area contributed by atoms with Gasteiger partial charge in [0.15, 0.2) is 0 Å². The first-order valence-corrected chi connectivity index (χ1v) is 23.7. The smallest absolute Gasteiger partial charge is 0.251 e. The maximum atomic E-state index is 2.87. The average molecular weight is 791 g/mol. The monoisotopic (exact) mass is 790 g/mol. The summed E-state index contributed by atoms with van der Waals surface area (Å²) < 4.78 is 0. The van der Waals surface area contributed by atoms with Crippen molar-refractivity contribution in [1.82, 2.24) is 0 Å². The van der Waals surface area contributed by atoms with E-state index in [1.165, 1.54) is 85.5 Å². The molecule has 4 heterocycles. The van der Waals surface area contributed by atoms with E-state index in [9.17, 15) is 0 Å². The topological polar surface area (TPSA) is 6.48 Å². The first kappa shape index (κ1) is 37.6. The van der Waals surface area contributed by atoms with E-state index < -0.39 is 5.41 Å². The number of anilines is 3. The summed E-state index contributed by atoms with van der Waals surface area (Å²) in [5, 5.41) is 0.367. The van der Waals surface area contributed by atoms with Gasteiger partial charge in [0.1, 0.15) is 0 Å². The van der Waals surface area contributed by atoms with Gasteiger partial charge >= 0.3 is 0 Å². The second-order valence-corrected chi connectivity index (χ2v) is 22.1. The Morgan fingerprint density at radius 2 is 1.51 bits per heavy atom. The van der Waals surface area contributed by atoms with Crippen LogP contribution in [0.3, 0.4) is 0 Å². The number of allylic oxidation sites excluding steroid dienone is 5. The summed E-state index contributed by atoms with van der Waals surface area (Å²) in [7, 11) is 0. The molecule has 6 atom stereocenters. The number of benzene rings is 4. The summed E-state index contributed by atoms with van der Waals surface area (Å²) in [5.74, 6) is 0.901. The fourth-order valence-electron chi connectivity index (χ4n) is 12.2. The van der Waals surface area contributed by atoms with Crippen LogP contribution in [0.15, 0.2) is 137 Å². The minimum Gasteiger partial charge on any atom is -0.334 e. The minimum absolute atomic E-state index is 0.0275. The van der Waals surface area contributed by atoms with Crippen LogP contribution >= 0.6 is 11.8 Å². The Morgan fingerprint density at radius 1 is 0.780 bits per heavy atom. The molecule has 3 aliphatic carbocycles. The van der Waals surface area contributed by atoms with E-state index >= 15 is 0 Å². The van der Waals surface area contributed by atoms with Crippen LogP contribution in [0.1, 0.15) is 126 Å². The first-order valence-electron chi connectivity index (χ1n) is 22.4. The second-order valence-electron chi connectivity index (χ2n) is 20.9. The first-order chi connectivity index (χ1) is 28.2. The summed E-state index contributed by atoms with van der Waals surface area (Å²) in [4.78, 5) is 5.70. The fraction of sp³-hybridized carbons (Fsp3) is 0.382. The summed E-state index contributed by atoms with van der Waals surface area (Å²) in [6.45, 7) is 21.9. The van der Waals surface area contributed by atoms with Crippen molar-refractivity contribution in [3.05, 3.63) is 171 Å². The lowest BCUT2D eigenvalue weighted by Crippen LogP contribution is -2.59. The van der Waals surface area contributed by atoms with Gasteiger partial charge in [-0.2, -0.15) is 11.8 Å². The van der Waals surface area contributed by atoms with E-state index in [4.69, 9.17) is 0 Å². The number of thioether (sulfide) groups is 1. The van der Waals surface area contributed by atoms with Gasteiger partial charge in [-0.05, 0) is 135 Å². The van der Waals surface area contributed by atoms with Crippen LogP contribution in [0.5, 0.6) is 0 Å². The highest BCUT2D eigenvalue weighted by Gasteiger charge is 2.56. The zero-order valence-corrected chi connectivity index (χ0v) is 37.6. The van der Waals surface area contributed by atoms with Crippen LogP contribution in [0.4, 0.5) is 17.1 Å². The number of rotatable bonds is 5. The van der Waals surface area contributed by atoms with Gasteiger partial charge in [0.25, 0.3) is 6.71 Å². The molecule has 11 rings (SSSR count). The highest BCUT2D eigenvalue weighted by molar-refractivity contribution is 7.98. The Bertz CT molecular complexity index is 2630. The van der Waals surface area contributed by atoms with Crippen LogP contribution in [0.25, 0.3) is 0 Å². The Hall–Kier alpha value is -4.41. The number of hydrogen-bond donors (Lipinski definition) is 0. The molecule has 2 nitrogen and oxygen atoms in total. The van der Waals surface area contributed by atoms with Crippen molar-refractivity contribution in [2.24, 2.45) is 11.3 Å². The maximum absolute atomic E-state index is 2.87. The standard InChI is InChI=1S/C55H59BN2S/c1-32-20-24-46-40(26-32)39-22-23-44-51(39)57(46)48-30-37(55(9,34-16-12-11-13-17-34)43-19-15-14-18-38(43)33(2)59-10)31-49-50(48)56(44)45-29-36(54(6,7)8)28-42-41-27-35(53(3,4)5)21-25-47(41)58(49)52(42)45/h11-19,21,23,25-33,41,46-47H,20,22,24H2,1-10H3. The fourth-order valence-corrected chi connectivity index (χ4v) is 12.7. The molecule has 0 amide bonds. The Morgan fingerprint density at radius 3 is 2.24 bits per heavy atom. The van der Waals surface area contributed by atoms with Gasteiger partial charge in [0.05, 0.1) is 12.1 Å². The summed E-state index contributed by atoms with van der Waals surface area (Å²) in [5.41, 5.74) is 23.3. The molecule has 7 aliphatic rings. The van der Waals surface area contributed by atoms with Gasteiger partial charge in [0.2, 0.25) is 0 Å². The highest BCUT2D eigenvalue weighted by atomic mass is 32.2. The third-order valence-electron chi connectivity index (χ3n) is 15.5. The van der Waals surface area contributed by atoms with Gasteiger partial charge in [0, 0.05) is 39.3 Å². The van der Waals surface area contributed by atoms with E-state index in [-0.39, 0.29) is 29.5 Å². The van der Waals surface area contributed by atoms with Gasteiger partial charge < -0.3 is 9.80 Å². The van der Waals surface area contributed by atoms with E-state index in [0.717, 1.165) is 6.42 Å². The summed E-state index contributed by atoms with van der Waals surface area (Å²) in [6.07, 6.45) is 18.7. The molecule has 298 valence electrons. The molecule has 0 aromatic heterocycles. The Kier molecular flexibility index (Phi) is 8.16. The minimum atomic E-state index is -0.397. The van der Waals surface area contributed by atoms with Crippen LogP contribution in [0.2, 0.25) is 0 Å². The normalized spacial score (nSPS) is 24.8. The van der Waals surface area contributed by atoms with Crippen molar-refractivity contribution in [1.29, 1.82) is 0 Å². The molecule has 6 unspecified atom stereocenters. The second kappa shape index (κ2) is 12.8. The van der Waals surface area contributed by atoms with E-state index in [2.05, 4.69) is 188 Å². The van der Waals surface area contributed by atoms with Crippen LogP contribution in [-0.2, 0) is 10.8 Å². The van der Waals surface area contributed by atoms with Crippen molar-refractivity contribution >= 4 is 46.5 Å². The van der Waals surface area contributed by atoms with Crippen LogP contribution in [0, 0.1) is 11.3 Å². The van der Waals surface area contributed by atoms with Gasteiger partial charge in [-0.3, -0.25) is 0 Å². The Labute approximate surface area is 358 Å². The number of fused-ring (bicyclic) bond motifs is 10. The lowest BCUT2D eigenvalue weighted by atomic mass is 9.32. The zero-order valence-electron chi connectivity index (χ0n) is 36.8. The third-order valence-corrected chi connectivity index (χ3v) is 16.5. The number of hydrogen-bond acceptors (Lipinski definition) is 3. The molecular weight excluding hydrogens is 731 g/mol. The quantitative estimate of drug-likeness (QED) is 0.147. The SMILES string of the molecule is CSC(C)c1ccccc1C(C)(c1ccccc1)c1cc2c3c(c1)N1c4c(cc(C(C)(C)C)cc4C4C=C(C(C)(C)C)C=CC41)B3C1=CCC3=C1N2C1CCC(C)C=C31. The van der Waals surface area contributed by atoms with Crippen molar-refractivity contribution in [2.45, 2.75) is 116 Å². The van der Waals surface area contributed by atoms with E-state index in [1.807, 2.05) is 11.8 Å². The summed E-state index contributed by atoms with van der Waals surface area (Å²) in [6, 6.07) is 31.9. The molecular formula is C55H59BN2S. The van der Waals surface area contributed by atoms with Crippen LogP contribution < -0.4 is 20.7 Å². The zero-order chi connectivity index (χ0) is 40.9. The maximum Gasteiger partial charge on any atom is 0.251 e. The van der Waals surface area contributed by atoms with Crippen LogP contribution in [-0.4, -0.2) is 25.1 Å². The lowest BCUT2D eigenvalue weighted by molar-refractivity contribution is 0.507. The number of nitrogens with zero attached hydrogens (tertiary/aromatic N) is 2.